The average molecular weight is 245 g/mol. The summed E-state index contributed by atoms with van der Waals surface area (Å²) in [5, 5.41) is 12.5. The maximum atomic E-state index is 9.58. The lowest BCUT2D eigenvalue weighted by Crippen LogP contribution is -2.35. The average Bonchev–Trinajstić information content (AvgIpc) is 2.26. The lowest BCUT2D eigenvalue weighted by atomic mass is 9.89. The third-order valence-electron chi connectivity index (χ3n) is 3.13. The molecule has 0 aromatic rings. The van der Waals surface area contributed by atoms with Gasteiger partial charge in [-0.2, -0.15) is 0 Å². The van der Waals surface area contributed by atoms with Gasteiger partial charge in [-0.1, -0.05) is 41.0 Å². The molecule has 3 heteroatoms. The monoisotopic (exact) mass is 245 g/mol. The Kier molecular flexibility index (Phi) is 9.79. The third-order valence-corrected chi connectivity index (χ3v) is 3.13. The summed E-state index contributed by atoms with van der Waals surface area (Å²) in [6.45, 7) is 11.6. The smallest absolute Gasteiger partial charge is 0.213 e. The molecule has 0 fully saturated rings. The van der Waals surface area contributed by atoms with Gasteiger partial charge in [0.2, 0.25) is 6.41 Å². The fourth-order valence-corrected chi connectivity index (χ4v) is 2.19. The highest BCUT2D eigenvalue weighted by molar-refractivity contribution is 4.66. The summed E-state index contributed by atoms with van der Waals surface area (Å²) in [5.74, 6) is 1.44. The summed E-state index contributed by atoms with van der Waals surface area (Å²) in [7, 11) is 0. The Bertz CT molecular complexity index is 174. The van der Waals surface area contributed by atoms with Crippen molar-refractivity contribution in [2.24, 2.45) is 11.8 Å². The van der Waals surface area contributed by atoms with Crippen LogP contribution in [0.15, 0.2) is 0 Å². The van der Waals surface area contributed by atoms with Crippen molar-refractivity contribution in [2.75, 3.05) is 6.54 Å². The van der Waals surface area contributed by atoms with Crippen molar-refractivity contribution in [3.63, 3.8) is 0 Å². The maximum absolute atomic E-state index is 9.58. The van der Waals surface area contributed by atoms with Crippen molar-refractivity contribution in [1.29, 1.82) is 0 Å². The molecular weight excluding hydrogens is 214 g/mol. The number of aliphatic hydroxyl groups excluding tert-OH is 1. The highest BCUT2D eigenvalue weighted by atomic mass is 16.6. The van der Waals surface area contributed by atoms with Crippen LogP contribution in [-0.2, 0) is 4.74 Å². The van der Waals surface area contributed by atoms with E-state index in [1.807, 2.05) is 6.92 Å². The molecule has 0 aliphatic heterocycles. The predicted molar refractivity (Wildman–Crippen MR) is 72.7 cm³/mol. The second-order valence-electron chi connectivity index (χ2n) is 5.22. The van der Waals surface area contributed by atoms with Gasteiger partial charge in [-0.15, -0.1) is 0 Å². The normalized spacial score (nSPS) is 17.1. The molecule has 0 heterocycles. The van der Waals surface area contributed by atoms with E-state index in [-0.39, 0.29) is 6.10 Å². The zero-order chi connectivity index (χ0) is 13.3. The summed E-state index contributed by atoms with van der Waals surface area (Å²) in [5.41, 5.74) is 0. The highest BCUT2D eigenvalue weighted by Crippen LogP contribution is 2.23. The van der Waals surface area contributed by atoms with Gasteiger partial charge in [0.05, 0.1) is 6.10 Å². The molecule has 0 aliphatic rings. The van der Waals surface area contributed by atoms with E-state index in [0.29, 0.717) is 5.92 Å². The Labute approximate surface area is 107 Å². The highest BCUT2D eigenvalue weighted by Gasteiger charge is 2.18. The molecule has 0 aromatic carbocycles. The van der Waals surface area contributed by atoms with Crippen LogP contribution < -0.4 is 5.32 Å². The second-order valence-corrected chi connectivity index (χ2v) is 5.22. The fraction of sp³-hybridized carbons (Fsp3) is 1.00. The lowest BCUT2D eigenvalue weighted by Gasteiger charge is -2.25. The first kappa shape index (κ1) is 16.9. The van der Waals surface area contributed by atoms with Gasteiger partial charge in [0.1, 0.15) is 0 Å². The second kappa shape index (κ2) is 9.86. The van der Waals surface area contributed by atoms with Crippen LogP contribution in [0, 0.1) is 11.8 Å². The van der Waals surface area contributed by atoms with E-state index in [0.717, 1.165) is 25.3 Å². The van der Waals surface area contributed by atoms with Crippen LogP contribution in [0.25, 0.3) is 0 Å². The van der Waals surface area contributed by atoms with Gasteiger partial charge >= 0.3 is 0 Å². The molecule has 0 aliphatic carbocycles. The van der Waals surface area contributed by atoms with Crippen molar-refractivity contribution in [2.45, 2.75) is 72.8 Å². The molecule has 0 amide bonds. The molecule has 0 spiro atoms. The topological polar surface area (TPSA) is 41.5 Å². The van der Waals surface area contributed by atoms with Crippen molar-refractivity contribution < 1.29 is 9.84 Å². The van der Waals surface area contributed by atoms with Crippen LogP contribution in [0.3, 0.4) is 0 Å². The van der Waals surface area contributed by atoms with Crippen molar-refractivity contribution in [3.8, 4) is 0 Å². The number of hydrogen-bond donors (Lipinski definition) is 2. The largest absolute Gasteiger partial charge is 0.356 e. The summed E-state index contributed by atoms with van der Waals surface area (Å²) in [6.07, 6.45) is 3.78. The molecule has 3 atom stereocenters. The minimum atomic E-state index is -0.818. The van der Waals surface area contributed by atoms with E-state index in [1.54, 1.807) is 0 Å². The molecule has 3 nitrogen and oxygen atoms in total. The first-order valence-electron chi connectivity index (χ1n) is 7.10. The van der Waals surface area contributed by atoms with Crippen LogP contribution in [0.1, 0.15) is 60.3 Å². The van der Waals surface area contributed by atoms with E-state index >= 15 is 0 Å². The Morgan fingerprint density at radius 3 is 2.12 bits per heavy atom. The van der Waals surface area contributed by atoms with Crippen LogP contribution in [0.2, 0.25) is 0 Å². The molecule has 0 saturated heterocycles. The first-order valence-corrected chi connectivity index (χ1v) is 7.10. The van der Waals surface area contributed by atoms with Gasteiger partial charge in [0, 0.05) is 0 Å². The van der Waals surface area contributed by atoms with Gasteiger partial charge < -0.3 is 9.84 Å². The van der Waals surface area contributed by atoms with Crippen LogP contribution in [0.5, 0.6) is 0 Å². The Hall–Kier alpha value is -0.120. The zero-order valence-electron chi connectivity index (χ0n) is 12.2. The van der Waals surface area contributed by atoms with Gasteiger partial charge in [-0.3, -0.25) is 5.32 Å². The van der Waals surface area contributed by atoms with E-state index in [4.69, 9.17) is 4.74 Å². The maximum Gasteiger partial charge on any atom is 0.213 e. The lowest BCUT2D eigenvalue weighted by molar-refractivity contribution is -0.158. The van der Waals surface area contributed by atoms with Crippen molar-refractivity contribution in [1.82, 2.24) is 5.32 Å². The Morgan fingerprint density at radius 1 is 1.06 bits per heavy atom. The van der Waals surface area contributed by atoms with E-state index in [2.05, 4.69) is 33.0 Å². The number of nitrogens with one attached hydrogen (secondary N) is 1. The Balaban J connectivity index is 4.07. The molecule has 2 N–H and O–H groups in total. The number of hydrogen-bond acceptors (Lipinski definition) is 3. The molecule has 0 bridgehead atoms. The molecule has 0 radical (unpaired) electrons. The molecule has 17 heavy (non-hydrogen) atoms. The third kappa shape index (κ3) is 8.58. The number of aliphatic hydroxyl groups is 1. The van der Waals surface area contributed by atoms with E-state index in [9.17, 15) is 5.11 Å². The van der Waals surface area contributed by atoms with Crippen molar-refractivity contribution >= 4 is 0 Å². The van der Waals surface area contributed by atoms with E-state index < -0.39 is 6.41 Å². The van der Waals surface area contributed by atoms with Crippen LogP contribution in [0.4, 0.5) is 0 Å². The molecule has 0 aromatic heterocycles. The minimum absolute atomic E-state index is 0.160. The molecule has 2 unspecified atom stereocenters. The van der Waals surface area contributed by atoms with Crippen LogP contribution >= 0.6 is 0 Å². The van der Waals surface area contributed by atoms with Crippen LogP contribution in [-0.4, -0.2) is 24.2 Å². The molecular formula is C14H31NO2. The van der Waals surface area contributed by atoms with Crippen molar-refractivity contribution in [3.05, 3.63) is 0 Å². The van der Waals surface area contributed by atoms with E-state index in [1.165, 1.54) is 12.8 Å². The molecule has 104 valence electrons. The van der Waals surface area contributed by atoms with Gasteiger partial charge in [0.25, 0.3) is 0 Å². The number of ether oxygens (including phenoxy) is 1. The van der Waals surface area contributed by atoms with Gasteiger partial charge in [-0.05, 0) is 37.6 Å². The molecule has 0 saturated carbocycles. The molecule has 0 rings (SSSR count). The summed E-state index contributed by atoms with van der Waals surface area (Å²) in [4.78, 5) is 0. The fourth-order valence-electron chi connectivity index (χ4n) is 2.19. The standard InChI is InChI=1S/C14H31NO2/c1-6-12(9-11(4)5)10-13(7-2)17-14(16)15-8-3/h11-16H,6-10H2,1-5H3/t12?,13-,14?/m1/s1. The summed E-state index contributed by atoms with van der Waals surface area (Å²) < 4.78 is 5.60. The first-order chi connectivity index (χ1) is 8.03. The van der Waals surface area contributed by atoms with Gasteiger partial charge in [-0.25, -0.2) is 0 Å². The number of rotatable bonds is 10. The predicted octanol–water partition coefficient (Wildman–Crippen LogP) is 3.13. The minimum Gasteiger partial charge on any atom is -0.356 e. The Morgan fingerprint density at radius 2 is 1.71 bits per heavy atom. The summed E-state index contributed by atoms with van der Waals surface area (Å²) >= 11 is 0. The van der Waals surface area contributed by atoms with Gasteiger partial charge in [0.15, 0.2) is 0 Å². The zero-order valence-corrected chi connectivity index (χ0v) is 12.2. The summed E-state index contributed by atoms with van der Waals surface area (Å²) in [6, 6.07) is 0. The quantitative estimate of drug-likeness (QED) is 0.581. The SMILES string of the molecule is CCNC(O)O[C@H](CC)CC(CC)CC(C)C.